The summed E-state index contributed by atoms with van der Waals surface area (Å²) in [5, 5.41) is 0. The van der Waals surface area contributed by atoms with Gasteiger partial charge in [-0.1, -0.05) is 0 Å². The van der Waals surface area contributed by atoms with E-state index in [1.165, 1.54) is 0 Å². The van der Waals surface area contributed by atoms with Crippen LogP contribution in [-0.2, 0) is 14.4 Å². The zero-order valence-corrected chi connectivity index (χ0v) is 9.91. The van der Waals surface area contributed by atoms with E-state index in [-0.39, 0.29) is 11.8 Å². The fraction of sp³-hybridized carbons (Fsp3) is 0.909. The molecule has 0 aromatic rings. The lowest BCUT2D eigenvalue weighted by atomic mass is 9.82. The standard InChI is InChI=1S/C11H22N2O3/c1-15-6-7-16-13-11(14)10-4-2-9(8-12)3-5-10/h9-10H,2-8,12H2,1H3,(H,13,14). The second kappa shape index (κ2) is 7.60. The van der Waals surface area contributed by atoms with Gasteiger partial charge in [-0.15, -0.1) is 0 Å². The van der Waals surface area contributed by atoms with Crippen LogP contribution in [0.5, 0.6) is 0 Å². The van der Waals surface area contributed by atoms with E-state index in [9.17, 15) is 4.79 Å². The second-order valence-electron chi connectivity index (χ2n) is 4.26. The van der Waals surface area contributed by atoms with Crippen molar-refractivity contribution in [3.05, 3.63) is 0 Å². The normalized spacial score (nSPS) is 25.4. The van der Waals surface area contributed by atoms with Crippen LogP contribution in [0.25, 0.3) is 0 Å². The number of nitrogens with two attached hydrogens (primary N) is 1. The molecule has 5 nitrogen and oxygen atoms in total. The van der Waals surface area contributed by atoms with Gasteiger partial charge in [0.15, 0.2) is 0 Å². The Kier molecular flexibility index (Phi) is 6.37. The summed E-state index contributed by atoms with van der Waals surface area (Å²) in [5.41, 5.74) is 8.07. The molecule has 0 unspecified atom stereocenters. The Hall–Kier alpha value is -0.650. The first kappa shape index (κ1) is 13.4. The molecule has 0 bridgehead atoms. The van der Waals surface area contributed by atoms with Crippen LogP contribution in [0, 0.1) is 11.8 Å². The molecule has 1 aliphatic rings. The van der Waals surface area contributed by atoms with Crippen LogP contribution in [0.4, 0.5) is 0 Å². The van der Waals surface area contributed by atoms with Gasteiger partial charge in [-0.2, -0.15) is 0 Å². The molecule has 0 aromatic heterocycles. The third-order valence-corrected chi connectivity index (χ3v) is 3.11. The average Bonchev–Trinajstić information content (AvgIpc) is 2.34. The number of hydrogen-bond acceptors (Lipinski definition) is 4. The van der Waals surface area contributed by atoms with Crippen molar-refractivity contribution in [2.75, 3.05) is 26.9 Å². The molecule has 1 amide bonds. The van der Waals surface area contributed by atoms with Crippen LogP contribution in [0.3, 0.4) is 0 Å². The van der Waals surface area contributed by atoms with E-state index in [1.54, 1.807) is 7.11 Å². The molecule has 0 saturated heterocycles. The molecule has 1 rings (SSSR count). The number of nitrogens with one attached hydrogen (secondary N) is 1. The molecular weight excluding hydrogens is 208 g/mol. The molecule has 0 aliphatic heterocycles. The number of methoxy groups -OCH3 is 1. The maximum absolute atomic E-state index is 11.6. The average molecular weight is 230 g/mol. The molecular formula is C11H22N2O3. The van der Waals surface area contributed by atoms with Crippen molar-refractivity contribution in [3.8, 4) is 0 Å². The summed E-state index contributed by atoms with van der Waals surface area (Å²) in [6, 6.07) is 0. The van der Waals surface area contributed by atoms with E-state index >= 15 is 0 Å². The molecule has 1 fully saturated rings. The summed E-state index contributed by atoms with van der Waals surface area (Å²) in [7, 11) is 1.60. The molecule has 1 aliphatic carbocycles. The summed E-state index contributed by atoms with van der Waals surface area (Å²) in [5.74, 6) is 0.676. The minimum absolute atomic E-state index is 0.00780. The number of rotatable bonds is 6. The highest BCUT2D eigenvalue weighted by Crippen LogP contribution is 2.27. The predicted octanol–water partition coefficient (Wildman–Crippen LogP) is 0.446. The molecule has 5 heteroatoms. The van der Waals surface area contributed by atoms with Gasteiger partial charge in [-0.05, 0) is 38.1 Å². The zero-order valence-electron chi connectivity index (χ0n) is 9.91. The number of amides is 1. The molecule has 0 atom stereocenters. The maximum Gasteiger partial charge on any atom is 0.246 e. The van der Waals surface area contributed by atoms with Crippen molar-refractivity contribution >= 4 is 5.91 Å². The van der Waals surface area contributed by atoms with Crippen molar-refractivity contribution in [2.24, 2.45) is 17.6 Å². The lowest BCUT2D eigenvalue weighted by Crippen LogP contribution is -2.34. The van der Waals surface area contributed by atoms with Crippen molar-refractivity contribution in [3.63, 3.8) is 0 Å². The predicted molar refractivity (Wildman–Crippen MR) is 60.5 cm³/mol. The largest absolute Gasteiger partial charge is 0.382 e. The first-order valence-electron chi connectivity index (χ1n) is 5.88. The van der Waals surface area contributed by atoms with Crippen LogP contribution >= 0.6 is 0 Å². The summed E-state index contributed by atoms with van der Waals surface area (Å²) in [6.45, 7) is 1.61. The SMILES string of the molecule is COCCONC(=O)C1CCC(CN)CC1. The molecule has 0 heterocycles. The van der Waals surface area contributed by atoms with E-state index < -0.39 is 0 Å². The second-order valence-corrected chi connectivity index (χ2v) is 4.26. The Balaban J connectivity index is 2.13. The molecule has 16 heavy (non-hydrogen) atoms. The Bertz CT molecular complexity index is 203. The van der Waals surface area contributed by atoms with Gasteiger partial charge in [-0.3, -0.25) is 9.63 Å². The molecule has 3 N–H and O–H groups in total. The fourth-order valence-electron chi connectivity index (χ4n) is 1.99. The highest BCUT2D eigenvalue weighted by Gasteiger charge is 2.25. The van der Waals surface area contributed by atoms with Crippen LogP contribution in [0.2, 0.25) is 0 Å². The maximum atomic E-state index is 11.6. The highest BCUT2D eigenvalue weighted by atomic mass is 16.7. The minimum atomic E-state index is -0.00780. The van der Waals surface area contributed by atoms with Crippen LogP contribution in [-0.4, -0.2) is 32.8 Å². The van der Waals surface area contributed by atoms with E-state index in [1.807, 2.05) is 0 Å². The quantitative estimate of drug-likeness (QED) is 0.513. The molecule has 0 radical (unpaired) electrons. The summed E-state index contributed by atoms with van der Waals surface area (Å²) < 4.78 is 4.81. The Morgan fingerprint density at radius 2 is 2.00 bits per heavy atom. The summed E-state index contributed by atoms with van der Waals surface area (Å²) >= 11 is 0. The van der Waals surface area contributed by atoms with Gasteiger partial charge in [0.1, 0.15) is 0 Å². The number of hydrogen-bond donors (Lipinski definition) is 2. The lowest BCUT2D eigenvalue weighted by molar-refractivity contribution is -0.140. The molecule has 1 saturated carbocycles. The molecule has 94 valence electrons. The van der Waals surface area contributed by atoms with Crippen molar-refractivity contribution < 1.29 is 14.4 Å². The Morgan fingerprint density at radius 3 is 2.56 bits per heavy atom. The number of carbonyl (C=O) groups excluding carboxylic acids is 1. The minimum Gasteiger partial charge on any atom is -0.382 e. The lowest BCUT2D eigenvalue weighted by Gasteiger charge is -2.26. The van der Waals surface area contributed by atoms with E-state index in [4.69, 9.17) is 15.3 Å². The highest BCUT2D eigenvalue weighted by molar-refractivity contribution is 5.77. The fourth-order valence-corrected chi connectivity index (χ4v) is 1.99. The van der Waals surface area contributed by atoms with Gasteiger partial charge < -0.3 is 10.5 Å². The molecule has 0 spiro atoms. The third kappa shape index (κ3) is 4.47. The van der Waals surface area contributed by atoms with Gasteiger partial charge >= 0.3 is 0 Å². The Morgan fingerprint density at radius 1 is 1.31 bits per heavy atom. The van der Waals surface area contributed by atoms with Crippen LogP contribution in [0.1, 0.15) is 25.7 Å². The van der Waals surface area contributed by atoms with Crippen LogP contribution in [0.15, 0.2) is 0 Å². The third-order valence-electron chi connectivity index (χ3n) is 3.11. The van der Waals surface area contributed by atoms with Crippen molar-refractivity contribution in [2.45, 2.75) is 25.7 Å². The molecule has 0 aromatic carbocycles. The first-order chi connectivity index (χ1) is 7.77. The first-order valence-corrected chi connectivity index (χ1v) is 5.88. The van der Waals surface area contributed by atoms with Crippen molar-refractivity contribution in [1.82, 2.24) is 5.48 Å². The summed E-state index contributed by atoms with van der Waals surface area (Å²) in [6.07, 6.45) is 3.93. The Labute approximate surface area is 96.6 Å². The summed E-state index contributed by atoms with van der Waals surface area (Å²) in [4.78, 5) is 16.6. The zero-order chi connectivity index (χ0) is 11.8. The van der Waals surface area contributed by atoms with E-state index in [2.05, 4.69) is 5.48 Å². The van der Waals surface area contributed by atoms with Gasteiger partial charge in [0, 0.05) is 13.0 Å². The van der Waals surface area contributed by atoms with Gasteiger partial charge in [0.2, 0.25) is 5.91 Å². The van der Waals surface area contributed by atoms with E-state index in [0.717, 1.165) is 32.2 Å². The monoisotopic (exact) mass is 230 g/mol. The van der Waals surface area contributed by atoms with Gasteiger partial charge in [0.05, 0.1) is 13.2 Å². The number of hydroxylamine groups is 1. The number of carbonyl (C=O) groups is 1. The topological polar surface area (TPSA) is 73.6 Å². The smallest absolute Gasteiger partial charge is 0.246 e. The number of ether oxygens (including phenoxy) is 1. The van der Waals surface area contributed by atoms with Gasteiger partial charge in [0.25, 0.3) is 0 Å². The van der Waals surface area contributed by atoms with Crippen molar-refractivity contribution in [1.29, 1.82) is 0 Å². The van der Waals surface area contributed by atoms with Crippen LogP contribution < -0.4 is 11.2 Å². The van der Waals surface area contributed by atoms with E-state index in [0.29, 0.717) is 19.1 Å². The van der Waals surface area contributed by atoms with Gasteiger partial charge in [-0.25, -0.2) is 5.48 Å².